The maximum absolute atomic E-state index is 12.5. The van der Waals surface area contributed by atoms with Gasteiger partial charge in [-0.25, -0.2) is 0 Å². The minimum Gasteiger partial charge on any atom is -0.469 e. The number of benzene rings is 1. The second-order valence-corrected chi connectivity index (χ2v) is 7.65. The number of furan rings is 1. The van der Waals surface area contributed by atoms with E-state index >= 15 is 0 Å². The summed E-state index contributed by atoms with van der Waals surface area (Å²) in [5.41, 5.74) is 5.06. The number of amides is 1. The van der Waals surface area contributed by atoms with Gasteiger partial charge in [-0.05, 0) is 44.9 Å². The Morgan fingerprint density at radius 1 is 1.25 bits per heavy atom. The van der Waals surface area contributed by atoms with Crippen molar-refractivity contribution in [3.05, 3.63) is 59.6 Å². The molecule has 28 heavy (non-hydrogen) atoms. The first-order valence-electron chi connectivity index (χ1n) is 8.99. The van der Waals surface area contributed by atoms with Crippen LogP contribution in [0.2, 0.25) is 0 Å². The molecule has 1 aromatic carbocycles. The Balaban J connectivity index is 1.74. The van der Waals surface area contributed by atoms with Gasteiger partial charge in [0.25, 0.3) is 0 Å². The van der Waals surface area contributed by atoms with Crippen LogP contribution in [0.3, 0.4) is 0 Å². The van der Waals surface area contributed by atoms with E-state index in [1.807, 2.05) is 38.3 Å². The molecule has 0 unspecified atom stereocenters. The molecule has 0 saturated carbocycles. The van der Waals surface area contributed by atoms with Gasteiger partial charge in [0.1, 0.15) is 5.76 Å². The Bertz CT molecular complexity index is 996. The minimum absolute atomic E-state index is 0.0748. The summed E-state index contributed by atoms with van der Waals surface area (Å²) < 4.78 is 7.31. The minimum atomic E-state index is -0.0748. The summed E-state index contributed by atoms with van der Waals surface area (Å²) in [6.45, 7) is 12.3. The first-order chi connectivity index (χ1) is 13.4. The van der Waals surface area contributed by atoms with E-state index < -0.39 is 0 Å². The van der Waals surface area contributed by atoms with Crippen molar-refractivity contribution in [2.75, 3.05) is 11.1 Å². The van der Waals surface area contributed by atoms with E-state index in [1.54, 1.807) is 12.3 Å². The molecule has 2 aromatic heterocycles. The number of carbonyl (C=O) groups is 1. The van der Waals surface area contributed by atoms with E-state index in [1.165, 1.54) is 17.3 Å². The number of allylic oxidation sites excluding steroid dienone is 1. The molecule has 1 N–H and O–H groups in total. The average molecular weight is 397 g/mol. The predicted molar refractivity (Wildman–Crippen MR) is 113 cm³/mol. The number of hydrogen-bond donors (Lipinski definition) is 1. The second-order valence-electron chi connectivity index (χ2n) is 6.71. The third-order valence-electron chi connectivity index (χ3n) is 4.40. The molecule has 7 heteroatoms. The van der Waals surface area contributed by atoms with Crippen molar-refractivity contribution in [3.63, 3.8) is 0 Å². The van der Waals surface area contributed by atoms with Crippen molar-refractivity contribution in [2.45, 2.75) is 39.4 Å². The van der Waals surface area contributed by atoms with E-state index in [0.717, 1.165) is 28.1 Å². The highest BCUT2D eigenvalue weighted by atomic mass is 32.2. The Labute approximate surface area is 169 Å². The van der Waals surface area contributed by atoms with Gasteiger partial charge in [-0.3, -0.25) is 9.36 Å². The van der Waals surface area contributed by atoms with E-state index in [0.29, 0.717) is 17.5 Å². The molecule has 3 aromatic rings. The van der Waals surface area contributed by atoms with Crippen molar-refractivity contribution in [1.82, 2.24) is 14.8 Å². The van der Waals surface area contributed by atoms with Crippen LogP contribution in [-0.2, 0) is 11.3 Å². The Hall–Kier alpha value is -2.80. The lowest BCUT2D eigenvalue weighted by molar-refractivity contribution is -0.113. The average Bonchev–Trinajstić information content (AvgIpc) is 3.22. The molecule has 0 radical (unpaired) electrons. The third-order valence-corrected chi connectivity index (χ3v) is 5.37. The molecule has 6 nitrogen and oxygen atoms in total. The largest absolute Gasteiger partial charge is 0.469 e. The number of anilines is 1. The van der Waals surface area contributed by atoms with Gasteiger partial charge in [0.2, 0.25) is 5.91 Å². The molecule has 0 aliphatic carbocycles. The zero-order valence-corrected chi connectivity index (χ0v) is 17.4. The zero-order valence-electron chi connectivity index (χ0n) is 16.6. The molecule has 0 spiro atoms. The molecule has 1 amide bonds. The Kier molecular flexibility index (Phi) is 6.04. The van der Waals surface area contributed by atoms with E-state index in [9.17, 15) is 4.79 Å². The molecule has 0 aliphatic heterocycles. The monoisotopic (exact) mass is 396 g/mol. The van der Waals surface area contributed by atoms with Crippen LogP contribution in [0.25, 0.3) is 11.4 Å². The number of aromatic nitrogens is 3. The summed E-state index contributed by atoms with van der Waals surface area (Å²) in [6.07, 6.45) is 3.41. The normalized spacial score (nSPS) is 10.9. The molecule has 0 atom stereocenters. The van der Waals surface area contributed by atoms with Crippen molar-refractivity contribution in [3.8, 4) is 11.4 Å². The maximum Gasteiger partial charge on any atom is 0.234 e. The van der Waals surface area contributed by atoms with Crippen molar-refractivity contribution >= 4 is 23.4 Å². The molecular formula is C21H24N4O2S. The molecule has 0 saturated heterocycles. The zero-order chi connectivity index (χ0) is 20.3. The van der Waals surface area contributed by atoms with Crippen LogP contribution in [0, 0.1) is 27.7 Å². The summed E-state index contributed by atoms with van der Waals surface area (Å²) in [7, 11) is 0. The predicted octanol–water partition coefficient (Wildman–Crippen LogP) is 4.69. The van der Waals surface area contributed by atoms with Gasteiger partial charge in [0.15, 0.2) is 11.0 Å². The quantitative estimate of drug-likeness (QED) is 0.463. The molecule has 146 valence electrons. The fourth-order valence-corrected chi connectivity index (χ4v) is 3.94. The van der Waals surface area contributed by atoms with Crippen LogP contribution >= 0.6 is 11.8 Å². The smallest absolute Gasteiger partial charge is 0.234 e. The topological polar surface area (TPSA) is 73.0 Å². The lowest BCUT2D eigenvalue weighted by Crippen LogP contribution is -2.16. The standard InChI is InChI=1S/C21H24N4O2S/c1-6-8-25-20(17-7-9-27-16(17)5)23-24-21(25)28-12-18(26)22-19-14(3)10-13(2)11-15(19)4/h6-7,9-11H,1,8,12H2,2-5H3,(H,22,26). The maximum atomic E-state index is 12.5. The number of nitrogens with one attached hydrogen (secondary N) is 1. The molecule has 3 rings (SSSR count). The van der Waals surface area contributed by atoms with Crippen molar-refractivity contribution < 1.29 is 9.21 Å². The summed E-state index contributed by atoms with van der Waals surface area (Å²) in [5, 5.41) is 12.2. The van der Waals surface area contributed by atoms with Gasteiger partial charge in [0.05, 0.1) is 17.6 Å². The van der Waals surface area contributed by atoms with Crippen LogP contribution in [0.4, 0.5) is 5.69 Å². The fraction of sp³-hybridized carbons (Fsp3) is 0.286. The molecule has 0 bridgehead atoms. The number of nitrogens with zero attached hydrogens (tertiary/aromatic N) is 3. The van der Waals surface area contributed by atoms with E-state index in [-0.39, 0.29) is 11.7 Å². The van der Waals surface area contributed by atoms with Crippen LogP contribution < -0.4 is 5.32 Å². The first kappa shape index (κ1) is 19.9. The second kappa shape index (κ2) is 8.48. The van der Waals surface area contributed by atoms with Crippen LogP contribution in [0.1, 0.15) is 22.5 Å². The summed E-state index contributed by atoms with van der Waals surface area (Å²) >= 11 is 1.35. The molecular weight excluding hydrogens is 372 g/mol. The number of thioether (sulfide) groups is 1. The highest BCUT2D eigenvalue weighted by Gasteiger charge is 2.18. The summed E-state index contributed by atoms with van der Waals surface area (Å²) in [4.78, 5) is 12.5. The fourth-order valence-electron chi connectivity index (χ4n) is 3.19. The summed E-state index contributed by atoms with van der Waals surface area (Å²) in [5.74, 6) is 1.65. The molecule has 0 fully saturated rings. The van der Waals surface area contributed by atoms with Crippen molar-refractivity contribution in [1.29, 1.82) is 0 Å². The lowest BCUT2D eigenvalue weighted by Gasteiger charge is -2.13. The van der Waals surface area contributed by atoms with Gasteiger partial charge in [-0.15, -0.1) is 16.8 Å². The first-order valence-corrected chi connectivity index (χ1v) is 9.98. The molecule has 0 aliphatic rings. The highest BCUT2D eigenvalue weighted by Crippen LogP contribution is 2.27. The number of rotatable bonds is 7. The van der Waals surface area contributed by atoms with Gasteiger partial charge in [-0.2, -0.15) is 0 Å². The SMILES string of the molecule is C=CCn1c(SCC(=O)Nc2c(C)cc(C)cc2C)nnc1-c1ccoc1C. The summed E-state index contributed by atoms with van der Waals surface area (Å²) in [6, 6.07) is 6.00. The van der Waals surface area contributed by atoms with E-state index in [4.69, 9.17) is 4.42 Å². The van der Waals surface area contributed by atoms with Gasteiger partial charge in [0, 0.05) is 12.2 Å². The van der Waals surface area contributed by atoms with Crippen LogP contribution in [0.15, 0.2) is 46.7 Å². The van der Waals surface area contributed by atoms with Crippen molar-refractivity contribution in [2.24, 2.45) is 0 Å². The van der Waals surface area contributed by atoms with Gasteiger partial charge >= 0.3 is 0 Å². The Morgan fingerprint density at radius 2 is 1.96 bits per heavy atom. The number of hydrogen-bond acceptors (Lipinski definition) is 5. The van der Waals surface area contributed by atoms with Gasteiger partial charge in [-0.1, -0.05) is 35.5 Å². The Morgan fingerprint density at radius 3 is 2.57 bits per heavy atom. The molecule has 2 heterocycles. The third kappa shape index (κ3) is 4.20. The van der Waals surface area contributed by atoms with Crippen LogP contribution in [-0.4, -0.2) is 26.4 Å². The van der Waals surface area contributed by atoms with E-state index in [2.05, 4.69) is 34.2 Å². The highest BCUT2D eigenvalue weighted by molar-refractivity contribution is 7.99. The van der Waals surface area contributed by atoms with Crippen LogP contribution in [0.5, 0.6) is 0 Å². The van der Waals surface area contributed by atoms with Gasteiger partial charge < -0.3 is 9.73 Å². The number of aryl methyl sites for hydroxylation is 4. The number of carbonyl (C=O) groups excluding carboxylic acids is 1. The lowest BCUT2D eigenvalue weighted by atomic mass is 10.1.